The van der Waals surface area contributed by atoms with E-state index < -0.39 is 0 Å². The Bertz CT molecular complexity index is 108. The zero-order valence-corrected chi connectivity index (χ0v) is 7.39. The van der Waals surface area contributed by atoms with Crippen molar-refractivity contribution in [2.75, 3.05) is 13.1 Å². The quantitative estimate of drug-likeness (QED) is 0.516. The standard InChI is InChI=1S/C10H19N/c1-2-4-8-11-9-5-7-10(11)6-3-1/h10H,1-9H2/t10-/m0/s1. The molecule has 0 aliphatic carbocycles. The molecule has 0 amide bonds. The van der Waals surface area contributed by atoms with Gasteiger partial charge >= 0.3 is 0 Å². The summed E-state index contributed by atoms with van der Waals surface area (Å²) in [7, 11) is 0. The van der Waals surface area contributed by atoms with E-state index in [9.17, 15) is 0 Å². The van der Waals surface area contributed by atoms with Gasteiger partial charge in [0.05, 0.1) is 0 Å². The maximum absolute atomic E-state index is 2.72. The van der Waals surface area contributed by atoms with E-state index in [0.29, 0.717) is 0 Å². The highest BCUT2D eigenvalue weighted by atomic mass is 15.2. The van der Waals surface area contributed by atoms with Gasteiger partial charge in [-0.05, 0) is 38.8 Å². The first-order valence-corrected chi connectivity index (χ1v) is 5.21. The second kappa shape index (κ2) is 3.57. The Morgan fingerprint density at radius 1 is 0.727 bits per heavy atom. The van der Waals surface area contributed by atoms with Crippen LogP contribution in [0.5, 0.6) is 0 Å². The Morgan fingerprint density at radius 2 is 1.45 bits per heavy atom. The summed E-state index contributed by atoms with van der Waals surface area (Å²) in [4.78, 5) is 2.72. The minimum Gasteiger partial charge on any atom is -0.300 e. The third kappa shape index (κ3) is 1.76. The lowest BCUT2D eigenvalue weighted by Crippen LogP contribution is -2.31. The van der Waals surface area contributed by atoms with Crippen molar-refractivity contribution in [2.24, 2.45) is 0 Å². The van der Waals surface area contributed by atoms with E-state index in [1.807, 2.05) is 0 Å². The van der Waals surface area contributed by atoms with Gasteiger partial charge < -0.3 is 4.90 Å². The molecule has 1 nitrogen and oxygen atoms in total. The lowest BCUT2D eigenvalue weighted by Gasteiger charge is -2.26. The van der Waals surface area contributed by atoms with Crippen molar-refractivity contribution in [1.82, 2.24) is 4.90 Å². The summed E-state index contributed by atoms with van der Waals surface area (Å²) in [6, 6.07) is 0.982. The molecule has 0 unspecified atom stereocenters. The third-order valence-corrected chi connectivity index (χ3v) is 3.23. The minimum absolute atomic E-state index is 0.982. The molecule has 0 radical (unpaired) electrons. The van der Waals surface area contributed by atoms with Crippen LogP contribution < -0.4 is 0 Å². The molecular weight excluding hydrogens is 134 g/mol. The predicted octanol–water partition coefficient (Wildman–Crippen LogP) is 2.41. The van der Waals surface area contributed by atoms with Crippen molar-refractivity contribution in [3.05, 3.63) is 0 Å². The van der Waals surface area contributed by atoms with Gasteiger partial charge in [0.2, 0.25) is 0 Å². The van der Waals surface area contributed by atoms with Crippen LogP contribution in [0.2, 0.25) is 0 Å². The van der Waals surface area contributed by atoms with Crippen LogP contribution in [0.4, 0.5) is 0 Å². The number of nitrogens with zero attached hydrogens (tertiary/aromatic N) is 1. The van der Waals surface area contributed by atoms with Crippen molar-refractivity contribution < 1.29 is 0 Å². The number of rotatable bonds is 0. The van der Waals surface area contributed by atoms with Crippen molar-refractivity contribution >= 4 is 0 Å². The van der Waals surface area contributed by atoms with Crippen LogP contribution >= 0.6 is 0 Å². The Hall–Kier alpha value is -0.0400. The maximum Gasteiger partial charge on any atom is 0.00957 e. The first-order chi connectivity index (χ1) is 5.47. The molecule has 2 fully saturated rings. The average Bonchev–Trinajstić information content (AvgIpc) is 2.35. The monoisotopic (exact) mass is 153 g/mol. The summed E-state index contributed by atoms with van der Waals surface area (Å²) >= 11 is 0. The average molecular weight is 153 g/mol. The van der Waals surface area contributed by atoms with Gasteiger partial charge in [0.15, 0.2) is 0 Å². The van der Waals surface area contributed by atoms with Crippen LogP contribution in [0.25, 0.3) is 0 Å². The van der Waals surface area contributed by atoms with E-state index in [1.165, 1.54) is 58.0 Å². The molecule has 0 bridgehead atoms. The summed E-state index contributed by atoms with van der Waals surface area (Å²) in [5.41, 5.74) is 0. The molecule has 0 spiro atoms. The molecule has 0 aromatic heterocycles. The first-order valence-electron chi connectivity index (χ1n) is 5.21. The van der Waals surface area contributed by atoms with Crippen molar-refractivity contribution in [2.45, 2.75) is 51.0 Å². The zero-order chi connectivity index (χ0) is 7.52. The van der Waals surface area contributed by atoms with Crippen LogP contribution in [0.3, 0.4) is 0 Å². The van der Waals surface area contributed by atoms with Crippen LogP contribution in [0.1, 0.15) is 44.9 Å². The van der Waals surface area contributed by atoms with Gasteiger partial charge in [-0.3, -0.25) is 0 Å². The summed E-state index contributed by atoms with van der Waals surface area (Å²) in [6.45, 7) is 2.79. The molecule has 2 aliphatic heterocycles. The van der Waals surface area contributed by atoms with E-state index in [1.54, 1.807) is 0 Å². The molecule has 0 saturated carbocycles. The molecule has 2 aliphatic rings. The highest BCUT2D eigenvalue weighted by molar-refractivity contribution is 4.80. The molecule has 0 aromatic carbocycles. The van der Waals surface area contributed by atoms with Gasteiger partial charge in [0, 0.05) is 6.04 Å². The smallest absolute Gasteiger partial charge is 0.00957 e. The fourth-order valence-electron chi connectivity index (χ4n) is 2.56. The Kier molecular flexibility index (Phi) is 2.47. The van der Waals surface area contributed by atoms with Crippen LogP contribution in [0.15, 0.2) is 0 Å². The summed E-state index contributed by atoms with van der Waals surface area (Å²) in [5, 5.41) is 0. The van der Waals surface area contributed by atoms with Gasteiger partial charge in [-0.2, -0.15) is 0 Å². The predicted molar refractivity (Wildman–Crippen MR) is 47.7 cm³/mol. The van der Waals surface area contributed by atoms with Crippen molar-refractivity contribution in [3.8, 4) is 0 Å². The highest BCUT2D eigenvalue weighted by Crippen LogP contribution is 2.24. The molecule has 1 heteroatoms. The molecule has 0 N–H and O–H groups in total. The topological polar surface area (TPSA) is 3.24 Å². The van der Waals surface area contributed by atoms with E-state index in [-0.39, 0.29) is 0 Å². The van der Waals surface area contributed by atoms with E-state index in [0.717, 1.165) is 6.04 Å². The van der Waals surface area contributed by atoms with Gasteiger partial charge in [0.25, 0.3) is 0 Å². The number of hydrogen-bond donors (Lipinski definition) is 0. The number of fused-ring (bicyclic) bond motifs is 1. The Labute approximate surface area is 69.8 Å². The Morgan fingerprint density at radius 3 is 2.45 bits per heavy atom. The lowest BCUT2D eigenvalue weighted by atomic mass is 10.0. The van der Waals surface area contributed by atoms with Crippen LogP contribution in [-0.4, -0.2) is 24.0 Å². The maximum atomic E-state index is 2.72. The van der Waals surface area contributed by atoms with Crippen molar-refractivity contribution in [3.63, 3.8) is 0 Å². The fourth-order valence-corrected chi connectivity index (χ4v) is 2.56. The molecule has 2 saturated heterocycles. The van der Waals surface area contributed by atoms with E-state index in [2.05, 4.69) is 4.90 Å². The normalized spacial score (nSPS) is 34.4. The van der Waals surface area contributed by atoms with Crippen LogP contribution in [-0.2, 0) is 0 Å². The van der Waals surface area contributed by atoms with Gasteiger partial charge in [-0.25, -0.2) is 0 Å². The second-order valence-corrected chi connectivity index (χ2v) is 4.03. The van der Waals surface area contributed by atoms with Gasteiger partial charge in [-0.15, -0.1) is 0 Å². The summed E-state index contributed by atoms with van der Waals surface area (Å²) < 4.78 is 0. The van der Waals surface area contributed by atoms with Gasteiger partial charge in [0.1, 0.15) is 0 Å². The first kappa shape index (κ1) is 7.60. The molecule has 0 aromatic rings. The SMILES string of the molecule is C1CCCN2CCC[C@@H]2CC1. The molecule has 1 atom stereocenters. The van der Waals surface area contributed by atoms with Crippen molar-refractivity contribution in [1.29, 1.82) is 0 Å². The van der Waals surface area contributed by atoms with E-state index in [4.69, 9.17) is 0 Å². The third-order valence-electron chi connectivity index (χ3n) is 3.23. The lowest BCUT2D eigenvalue weighted by molar-refractivity contribution is 0.219. The molecule has 2 heterocycles. The van der Waals surface area contributed by atoms with Gasteiger partial charge in [-0.1, -0.05) is 19.3 Å². The highest BCUT2D eigenvalue weighted by Gasteiger charge is 2.24. The fraction of sp³-hybridized carbons (Fsp3) is 1.00. The minimum atomic E-state index is 0.982. The van der Waals surface area contributed by atoms with Crippen LogP contribution in [0, 0.1) is 0 Å². The summed E-state index contributed by atoms with van der Waals surface area (Å²) in [5.74, 6) is 0. The molecule has 64 valence electrons. The molecule has 11 heavy (non-hydrogen) atoms. The number of hydrogen-bond acceptors (Lipinski definition) is 1. The summed E-state index contributed by atoms with van der Waals surface area (Å²) in [6.07, 6.45) is 10.3. The zero-order valence-electron chi connectivity index (χ0n) is 7.39. The molecular formula is C10H19N. The van der Waals surface area contributed by atoms with E-state index >= 15 is 0 Å². The Balaban J connectivity index is 1.89. The largest absolute Gasteiger partial charge is 0.300 e. The second-order valence-electron chi connectivity index (χ2n) is 4.03. The molecule has 2 rings (SSSR count).